The molecule has 1 aliphatic rings. The number of methoxy groups -OCH3 is 1. The number of benzene rings is 1. The van der Waals surface area contributed by atoms with Crippen molar-refractivity contribution in [2.45, 2.75) is 25.8 Å². The van der Waals surface area contributed by atoms with E-state index in [1.54, 1.807) is 12.1 Å². The molecule has 0 radical (unpaired) electrons. The van der Waals surface area contributed by atoms with Crippen LogP contribution < -0.4 is 10.2 Å². The Bertz CT molecular complexity index is 479. The highest BCUT2D eigenvalue weighted by Gasteiger charge is 2.16. The Kier molecular flexibility index (Phi) is 5.75. The van der Waals surface area contributed by atoms with Crippen LogP contribution in [0.5, 0.6) is 0 Å². The van der Waals surface area contributed by atoms with Crippen LogP contribution >= 0.6 is 0 Å². The molecule has 0 saturated carbocycles. The number of likely N-dealkylation sites (tertiary alicyclic amines) is 1. The number of piperidine rings is 1. The second-order valence-corrected chi connectivity index (χ2v) is 5.45. The molecule has 21 heavy (non-hydrogen) atoms. The minimum absolute atomic E-state index is 0.0870. The van der Waals surface area contributed by atoms with Gasteiger partial charge in [0.2, 0.25) is 0 Å². The summed E-state index contributed by atoms with van der Waals surface area (Å²) >= 11 is 0. The third-order valence-electron chi connectivity index (χ3n) is 3.84. The predicted octanol–water partition coefficient (Wildman–Crippen LogP) is 0.158. The van der Waals surface area contributed by atoms with E-state index >= 15 is 0 Å². The van der Waals surface area contributed by atoms with Crippen LogP contribution in [0.4, 0.5) is 0 Å². The monoisotopic (exact) mass is 291 g/mol. The maximum Gasteiger partial charge on any atom is 0.337 e. The number of amides is 1. The summed E-state index contributed by atoms with van der Waals surface area (Å²) in [6.07, 6.45) is 3.73. The van der Waals surface area contributed by atoms with E-state index in [0.717, 1.165) is 18.7 Å². The molecule has 5 nitrogen and oxygen atoms in total. The molecule has 1 aromatic rings. The number of esters is 1. The molecule has 1 saturated heterocycles. The van der Waals surface area contributed by atoms with Gasteiger partial charge < -0.3 is 15.0 Å². The molecule has 1 aliphatic heterocycles. The molecule has 0 aliphatic carbocycles. The first-order chi connectivity index (χ1) is 10.2. The van der Waals surface area contributed by atoms with Gasteiger partial charge in [-0.1, -0.05) is 12.1 Å². The molecule has 5 heteroatoms. The van der Waals surface area contributed by atoms with Crippen molar-refractivity contribution in [3.05, 3.63) is 35.4 Å². The van der Waals surface area contributed by atoms with Crippen molar-refractivity contribution in [3.63, 3.8) is 0 Å². The van der Waals surface area contributed by atoms with Gasteiger partial charge in [-0.05, 0) is 37.0 Å². The largest absolute Gasteiger partial charge is 0.465 e. The standard InChI is InChI=1S/C16H22N2O3/c1-21-16(20)14-7-5-13(6-8-14)11-17-15(19)12-18-9-3-2-4-10-18/h5-8H,2-4,9-12H2,1H3,(H,17,19)/p+1. The van der Waals surface area contributed by atoms with Crippen molar-refractivity contribution in [2.75, 3.05) is 26.7 Å². The van der Waals surface area contributed by atoms with E-state index in [-0.39, 0.29) is 11.9 Å². The van der Waals surface area contributed by atoms with Crippen LogP contribution in [0.2, 0.25) is 0 Å². The maximum atomic E-state index is 11.9. The zero-order chi connectivity index (χ0) is 15.1. The number of carbonyl (C=O) groups excluding carboxylic acids is 2. The van der Waals surface area contributed by atoms with Gasteiger partial charge >= 0.3 is 5.97 Å². The first kappa shape index (κ1) is 15.5. The van der Waals surface area contributed by atoms with E-state index in [0.29, 0.717) is 18.7 Å². The first-order valence-corrected chi connectivity index (χ1v) is 7.46. The van der Waals surface area contributed by atoms with E-state index in [9.17, 15) is 9.59 Å². The molecule has 114 valence electrons. The molecule has 0 unspecified atom stereocenters. The zero-order valence-corrected chi connectivity index (χ0v) is 12.5. The molecule has 0 bridgehead atoms. The molecular weight excluding hydrogens is 268 g/mol. The van der Waals surface area contributed by atoms with E-state index in [2.05, 4.69) is 10.1 Å². The summed E-state index contributed by atoms with van der Waals surface area (Å²) in [5.74, 6) is -0.261. The fourth-order valence-corrected chi connectivity index (χ4v) is 2.60. The van der Waals surface area contributed by atoms with E-state index in [4.69, 9.17) is 0 Å². The number of quaternary nitrogens is 1. The van der Waals surface area contributed by atoms with Gasteiger partial charge in [0.1, 0.15) is 0 Å². The molecule has 0 spiro atoms. The summed E-state index contributed by atoms with van der Waals surface area (Å²) in [5, 5.41) is 2.93. The van der Waals surface area contributed by atoms with Gasteiger partial charge in [0.15, 0.2) is 6.54 Å². The fraction of sp³-hybridized carbons (Fsp3) is 0.500. The van der Waals surface area contributed by atoms with Crippen LogP contribution in [-0.2, 0) is 16.1 Å². The molecular formula is C16H23N2O3+. The zero-order valence-electron chi connectivity index (χ0n) is 12.5. The molecule has 0 aromatic heterocycles. The SMILES string of the molecule is COC(=O)c1ccc(CNC(=O)C[NH+]2CCCCC2)cc1. The summed E-state index contributed by atoms with van der Waals surface area (Å²) in [6, 6.07) is 7.09. The summed E-state index contributed by atoms with van der Waals surface area (Å²) in [7, 11) is 1.36. The van der Waals surface area contributed by atoms with Gasteiger partial charge in [-0.15, -0.1) is 0 Å². The second-order valence-electron chi connectivity index (χ2n) is 5.45. The lowest BCUT2D eigenvalue weighted by molar-refractivity contribution is -0.896. The number of ether oxygens (including phenoxy) is 1. The number of hydrogen-bond donors (Lipinski definition) is 2. The Balaban J connectivity index is 1.76. The van der Waals surface area contributed by atoms with E-state index in [1.165, 1.54) is 31.3 Å². The van der Waals surface area contributed by atoms with Crippen molar-refractivity contribution in [1.29, 1.82) is 0 Å². The van der Waals surface area contributed by atoms with Crippen LogP contribution in [0.1, 0.15) is 35.2 Å². The van der Waals surface area contributed by atoms with Crippen molar-refractivity contribution >= 4 is 11.9 Å². The van der Waals surface area contributed by atoms with Gasteiger partial charge in [0, 0.05) is 6.54 Å². The highest BCUT2D eigenvalue weighted by Crippen LogP contribution is 2.05. The minimum Gasteiger partial charge on any atom is -0.465 e. The van der Waals surface area contributed by atoms with Gasteiger partial charge in [-0.25, -0.2) is 4.79 Å². The van der Waals surface area contributed by atoms with Gasteiger partial charge in [0.25, 0.3) is 5.91 Å². The van der Waals surface area contributed by atoms with Crippen LogP contribution in [0, 0.1) is 0 Å². The highest BCUT2D eigenvalue weighted by atomic mass is 16.5. The van der Waals surface area contributed by atoms with Crippen LogP contribution in [0.3, 0.4) is 0 Å². The predicted molar refractivity (Wildman–Crippen MR) is 79.0 cm³/mol. The van der Waals surface area contributed by atoms with E-state index < -0.39 is 0 Å². The van der Waals surface area contributed by atoms with Crippen molar-refractivity contribution in [1.82, 2.24) is 5.32 Å². The van der Waals surface area contributed by atoms with Gasteiger partial charge in [-0.2, -0.15) is 0 Å². The lowest BCUT2D eigenvalue weighted by Gasteiger charge is -2.22. The second kappa shape index (κ2) is 7.78. The average Bonchev–Trinajstić information content (AvgIpc) is 2.53. The fourth-order valence-electron chi connectivity index (χ4n) is 2.60. The lowest BCUT2D eigenvalue weighted by Crippen LogP contribution is -3.13. The Hall–Kier alpha value is -1.88. The minimum atomic E-state index is -0.348. The third-order valence-corrected chi connectivity index (χ3v) is 3.84. The van der Waals surface area contributed by atoms with Crippen molar-refractivity contribution in [2.24, 2.45) is 0 Å². The van der Waals surface area contributed by atoms with Crippen LogP contribution in [0.15, 0.2) is 24.3 Å². The molecule has 1 heterocycles. The molecule has 0 atom stereocenters. The average molecular weight is 291 g/mol. The number of hydrogen-bond acceptors (Lipinski definition) is 3. The van der Waals surface area contributed by atoms with Gasteiger partial charge in [-0.3, -0.25) is 4.79 Å². The number of rotatable bonds is 5. The van der Waals surface area contributed by atoms with Crippen molar-refractivity contribution < 1.29 is 19.2 Å². The topological polar surface area (TPSA) is 59.8 Å². The Labute approximate surface area is 125 Å². The molecule has 1 fully saturated rings. The third kappa shape index (κ3) is 4.86. The smallest absolute Gasteiger partial charge is 0.337 e. The Morgan fingerprint density at radius 2 is 1.81 bits per heavy atom. The first-order valence-electron chi connectivity index (χ1n) is 7.46. The van der Waals surface area contributed by atoms with Crippen LogP contribution in [-0.4, -0.2) is 38.6 Å². The lowest BCUT2D eigenvalue weighted by atomic mass is 10.1. The summed E-state index contributed by atoms with van der Waals surface area (Å²) in [4.78, 5) is 24.6. The molecule has 2 rings (SSSR count). The molecule has 1 amide bonds. The normalized spacial score (nSPS) is 15.5. The quantitative estimate of drug-likeness (QED) is 0.760. The summed E-state index contributed by atoms with van der Waals surface area (Å²) in [6.45, 7) is 3.25. The highest BCUT2D eigenvalue weighted by molar-refractivity contribution is 5.89. The number of nitrogens with one attached hydrogen (secondary N) is 2. The van der Waals surface area contributed by atoms with Crippen LogP contribution in [0.25, 0.3) is 0 Å². The molecule has 1 aromatic carbocycles. The van der Waals surface area contributed by atoms with E-state index in [1.807, 2.05) is 12.1 Å². The van der Waals surface area contributed by atoms with Crippen molar-refractivity contribution in [3.8, 4) is 0 Å². The Morgan fingerprint density at radius 1 is 1.14 bits per heavy atom. The summed E-state index contributed by atoms with van der Waals surface area (Å²) in [5.41, 5.74) is 1.50. The molecule has 2 N–H and O–H groups in total. The maximum absolute atomic E-state index is 11.9. The number of carbonyl (C=O) groups is 2. The summed E-state index contributed by atoms with van der Waals surface area (Å²) < 4.78 is 4.65. The van der Waals surface area contributed by atoms with Gasteiger partial charge in [0.05, 0.1) is 25.8 Å². The Morgan fingerprint density at radius 3 is 2.43 bits per heavy atom.